The first-order valence-electron chi connectivity index (χ1n) is 7.56. The molecule has 1 amide bonds. The smallest absolute Gasteiger partial charge is 0.217 e. The van der Waals surface area contributed by atoms with E-state index < -0.39 is 0 Å². The van der Waals surface area contributed by atoms with Crippen LogP contribution in [0, 0.1) is 0 Å². The molecule has 0 aromatic heterocycles. The van der Waals surface area contributed by atoms with E-state index in [9.17, 15) is 4.79 Å². The Labute approximate surface area is 135 Å². The molecule has 0 aliphatic carbocycles. The Balaban J connectivity index is 2.06. The van der Waals surface area contributed by atoms with Crippen LogP contribution in [-0.2, 0) is 4.79 Å². The normalized spacial score (nSPS) is 19.6. The van der Waals surface area contributed by atoms with E-state index in [-0.39, 0.29) is 11.9 Å². The molecule has 5 heteroatoms. The first kappa shape index (κ1) is 16.3. The molecular weight excluding hydrogens is 330 g/mol. The first-order valence-corrected chi connectivity index (χ1v) is 8.35. The van der Waals surface area contributed by atoms with E-state index >= 15 is 0 Å². The van der Waals surface area contributed by atoms with E-state index in [2.05, 4.69) is 63.5 Å². The van der Waals surface area contributed by atoms with E-state index in [1.807, 2.05) is 0 Å². The number of rotatable bonds is 5. The molecule has 1 fully saturated rings. The fourth-order valence-corrected chi connectivity index (χ4v) is 3.50. The summed E-state index contributed by atoms with van der Waals surface area (Å²) in [7, 11) is 0. The van der Waals surface area contributed by atoms with Gasteiger partial charge in [0.15, 0.2) is 0 Å². The molecule has 0 saturated carbocycles. The maximum atomic E-state index is 11.1. The Bertz CT molecular complexity index is 506. The SMILES string of the molecule is CCNC(C)c1ccc(N2CCC(NC(C)=O)C2)c(Br)c1. The molecule has 1 aliphatic rings. The number of nitrogens with one attached hydrogen (secondary N) is 2. The van der Waals surface area contributed by atoms with Gasteiger partial charge in [-0.15, -0.1) is 0 Å². The van der Waals surface area contributed by atoms with Crippen LogP contribution in [0.3, 0.4) is 0 Å². The van der Waals surface area contributed by atoms with E-state index in [0.29, 0.717) is 6.04 Å². The second-order valence-electron chi connectivity index (χ2n) is 5.62. The van der Waals surface area contributed by atoms with Crippen LogP contribution < -0.4 is 15.5 Å². The molecule has 0 bridgehead atoms. The lowest BCUT2D eigenvalue weighted by atomic mass is 10.1. The second-order valence-corrected chi connectivity index (χ2v) is 6.48. The average molecular weight is 354 g/mol. The Morgan fingerprint density at radius 1 is 1.52 bits per heavy atom. The van der Waals surface area contributed by atoms with E-state index in [1.165, 1.54) is 11.3 Å². The largest absolute Gasteiger partial charge is 0.368 e. The van der Waals surface area contributed by atoms with Gasteiger partial charge < -0.3 is 15.5 Å². The van der Waals surface area contributed by atoms with E-state index in [4.69, 9.17) is 0 Å². The van der Waals surface area contributed by atoms with Gasteiger partial charge in [-0.25, -0.2) is 0 Å². The van der Waals surface area contributed by atoms with Crippen molar-refractivity contribution in [1.82, 2.24) is 10.6 Å². The van der Waals surface area contributed by atoms with Crippen molar-refractivity contribution in [2.75, 3.05) is 24.5 Å². The topological polar surface area (TPSA) is 44.4 Å². The zero-order chi connectivity index (χ0) is 15.4. The Kier molecular flexibility index (Phi) is 5.65. The molecule has 0 spiro atoms. The number of amides is 1. The van der Waals surface area contributed by atoms with Crippen LogP contribution in [0.2, 0.25) is 0 Å². The van der Waals surface area contributed by atoms with Gasteiger partial charge in [-0.3, -0.25) is 4.79 Å². The minimum atomic E-state index is 0.0516. The lowest BCUT2D eigenvalue weighted by Gasteiger charge is -2.22. The summed E-state index contributed by atoms with van der Waals surface area (Å²) in [5.41, 5.74) is 2.49. The predicted molar refractivity (Wildman–Crippen MR) is 90.7 cm³/mol. The summed E-state index contributed by atoms with van der Waals surface area (Å²) in [6.07, 6.45) is 1.00. The monoisotopic (exact) mass is 353 g/mol. The fourth-order valence-electron chi connectivity index (χ4n) is 2.86. The molecular formula is C16H24BrN3O. The van der Waals surface area contributed by atoms with Crippen molar-refractivity contribution >= 4 is 27.5 Å². The van der Waals surface area contributed by atoms with Gasteiger partial charge in [0.05, 0.1) is 5.69 Å². The highest BCUT2D eigenvalue weighted by Crippen LogP contribution is 2.31. The van der Waals surface area contributed by atoms with Gasteiger partial charge in [0.25, 0.3) is 0 Å². The molecule has 1 aliphatic heterocycles. The third-order valence-electron chi connectivity index (χ3n) is 3.92. The molecule has 1 heterocycles. The highest BCUT2D eigenvalue weighted by molar-refractivity contribution is 9.10. The molecule has 2 rings (SSSR count). The maximum absolute atomic E-state index is 11.1. The highest BCUT2D eigenvalue weighted by Gasteiger charge is 2.24. The molecule has 21 heavy (non-hydrogen) atoms. The maximum Gasteiger partial charge on any atom is 0.217 e. The van der Waals surface area contributed by atoms with Crippen LogP contribution in [0.5, 0.6) is 0 Å². The van der Waals surface area contributed by atoms with Crippen molar-refractivity contribution < 1.29 is 4.79 Å². The third-order valence-corrected chi connectivity index (χ3v) is 4.55. The zero-order valence-corrected chi connectivity index (χ0v) is 14.5. The van der Waals surface area contributed by atoms with E-state index in [0.717, 1.165) is 30.5 Å². The Morgan fingerprint density at radius 3 is 2.90 bits per heavy atom. The minimum Gasteiger partial charge on any atom is -0.368 e. The molecule has 2 N–H and O–H groups in total. The molecule has 1 aromatic rings. The summed E-state index contributed by atoms with van der Waals surface area (Å²) in [5, 5.41) is 6.43. The molecule has 1 aromatic carbocycles. The molecule has 2 atom stereocenters. The molecule has 4 nitrogen and oxygen atoms in total. The van der Waals surface area contributed by atoms with Crippen molar-refractivity contribution in [3.63, 3.8) is 0 Å². The number of hydrogen-bond acceptors (Lipinski definition) is 3. The van der Waals surface area contributed by atoms with Gasteiger partial charge in [-0.1, -0.05) is 13.0 Å². The highest BCUT2D eigenvalue weighted by atomic mass is 79.9. The third kappa shape index (κ3) is 4.20. The van der Waals surface area contributed by atoms with Crippen LogP contribution in [0.1, 0.15) is 38.8 Å². The Hall–Kier alpha value is -1.07. The van der Waals surface area contributed by atoms with Gasteiger partial charge in [0.2, 0.25) is 5.91 Å². The van der Waals surface area contributed by atoms with Crippen LogP contribution in [-0.4, -0.2) is 31.6 Å². The van der Waals surface area contributed by atoms with Crippen LogP contribution >= 0.6 is 15.9 Å². The van der Waals surface area contributed by atoms with Gasteiger partial charge in [-0.05, 0) is 53.5 Å². The van der Waals surface area contributed by atoms with Crippen LogP contribution in [0.4, 0.5) is 5.69 Å². The quantitative estimate of drug-likeness (QED) is 0.855. The van der Waals surface area contributed by atoms with Crippen molar-refractivity contribution in [2.24, 2.45) is 0 Å². The zero-order valence-electron chi connectivity index (χ0n) is 12.9. The molecule has 116 valence electrons. The van der Waals surface area contributed by atoms with Crippen molar-refractivity contribution in [3.05, 3.63) is 28.2 Å². The number of halogens is 1. The van der Waals surface area contributed by atoms with Gasteiger partial charge in [-0.2, -0.15) is 0 Å². The van der Waals surface area contributed by atoms with Gasteiger partial charge in [0, 0.05) is 36.6 Å². The number of nitrogens with zero attached hydrogens (tertiary/aromatic N) is 1. The summed E-state index contributed by atoms with van der Waals surface area (Å²) >= 11 is 3.69. The molecule has 2 unspecified atom stereocenters. The number of anilines is 1. The molecule has 0 radical (unpaired) electrons. The van der Waals surface area contributed by atoms with E-state index in [1.54, 1.807) is 6.92 Å². The van der Waals surface area contributed by atoms with Crippen molar-refractivity contribution in [3.8, 4) is 0 Å². The minimum absolute atomic E-state index is 0.0516. The van der Waals surface area contributed by atoms with Crippen LogP contribution in [0.15, 0.2) is 22.7 Å². The standard InChI is InChI=1S/C16H24BrN3O/c1-4-18-11(2)13-5-6-16(15(17)9-13)20-8-7-14(10-20)19-12(3)21/h5-6,9,11,14,18H,4,7-8,10H2,1-3H3,(H,19,21). The first-order chi connectivity index (χ1) is 10.0. The van der Waals surface area contributed by atoms with Gasteiger partial charge in [0.1, 0.15) is 0 Å². The fraction of sp³-hybridized carbons (Fsp3) is 0.562. The predicted octanol–water partition coefficient (Wildman–Crippen LogP) is 2.83. The summed E-state index contributed by atoms with van der Waals surface area (Å²) in [6.45, 7) is 8.69. The lowest BCUT2D eigenvalue weighted by Crippen LogP contribution is -2.35. The Morgan fingerprint density at radius 2 is 2.29 bits per heavy atom. The van der Waals surface area contributed by atoms with Crippen LogP contribution in [0.25, 0.3) is 0 Å². The second kappa shape index (κ2) is 7.27. The summed E-state index contributed by atoms with van der Waals surface area (Å²) in [5.74, 6) is 0.0516. The summed E-state index contributed by atoms with van der Waals surface area (Å²) in [6, 6.07) is 7.15. The average Bonchev–Trinajstić information content (AvgIpc) is 2.86. The summed E-state index contributed by atoms with van der Waals surface area (Å²) in [4.78, 5) is 13.5. The van der Waals surface area contributed by atoms with Crippen molar-refractivity contribution in [2.45, 2.75) is 39.3 Å². The van der Waals surface area contributed by atoms with Crippen molar-refractivity contribution in [1.29, 1.82) is 0 Å². The number of benzene rings is 1. The molecule has 1 saturated heterocycles. The lowest BCUT2D eigenvalue weighted by molar-refractivity contribution is -0.119. The number of carbonyl (C=O) groups excluding carboxylic acids is 1. The number of hydrogen-bond donors (Lipinski definition) is 2. The number of carbonyl (C=O) groups is 1. The summed E-state index contributed by atoms with van der Waals surface area (Å²) < 4.78 is 1.12. The van der Waals surface area contributed by atoms with Gasteiger partial charge >= 0.3 is 0 Å².